The van der Waals surface area contributed by atoms with Gasteiger partial charge in [-0.1, -0.05) is 60.7 Å². The van der Waals surface area contributed by atoms with Gasteiger partial charge in [-0.2, -0.15) is 0 Å². The van der Waals surface area contributed by atoms with Crippen LogP contribution in [0.5, 0.6) is 0 Å². The first-order valence-corrected chi connectivity index (χ1v) is 9.56. The summed E-state index contributed by atoms with van der Waals surface area (Å²) in [5.74, 6) is 1.02. The molecular weight excluding hydrogens is 350 g/mol. The number of ether oxygens (including phenoxy) is 2. The molecule has 0 amide bonds. The van der Waals surface area contributed by atoms with Crippen molar-refractivity contribution in [3.8, 4) is 0 Å². The highest BCUT2D eigenvalue weighted by Crippen LogP contribution is 2.15. The topological polar surface area (TPSA) is 39.5 Å². The van der Waals surface area contributed by atoms with Gasteiger partial charge in [-0.25, -0.2) is 4.98 Å². The highest BCUT2D eigenvalue weighted by Gasteiger charge is 2.17. The van der Waals surface area contributed by atoms with E-state index in [1.54, 1.807) is 14.2 Å². The Hall–Kier alpha value is -2.47. The molecule has 0 aliphatic heterocycles. The molecule has 148 valence electrons. The fourth-order valence-electron chi connectivity index (χ4n) is 3.34. The summed E-state index contributed by atoms with van der Waals surface area (Å²) in [6.07, 6.45) is 1.71. The molecule has 0 atom stereocenters. The molecule has 0 saturated heterocycles. The molecule has 0 saturated carbocycles. The van der Waals surface area contributed by atoms with Crippen molar-refractivity contribution >= 4 is 0 Å². The van der Waals surface area contributed by atoms with E-state index in [4.69, 9.17) is 9.47 Å². The second-order valence-corrected chi connectivity index (χ2v) is 6.92. The Morgan fingerprint density at radius 3 is 2.11 bits per heavy atom. The number of nitrogens with zero attached hydrogens (tertiary/aromatic N) is 3. The highest BCUT2D eigenvalue weighted by molar-refractivity contribution is 5.18. The maximum Gasteiger partial charge on any atom is 0.169 e. The molecule has 5 nitrogen and oxygen atoms in total. The smallest absolute Gasteiger partial charge is 0.169 e. The Morgan fingerprint density at radius 2 is 1.50 bits per heavy atom. The van der Waals surface area contributed by atoms with Crippen molar-refractivity contribution in [2.24, 2.45) is 0 Å². The van der Waals surface area contributed by atoms with Crippen LogP contribution in [-0.2, 0) is 29.1 Å². The van der Waals surface area contributed by atoms with Gasteiger partial charge in [0.15, 0.2) is 6.29 Å². The zero-order valence-corrected chi connectivity index (χ0v) is 16.9. The zero-order valence-electron chi connectivity index (χ0n) is 16.9. The molecule has 0 N–H and O–H groups in total. The van der Waals surface area contributed by atoms with Gasteiger partial charge in [-0.3, -0.25) is 4.90 Å². The van der Waals surface area contributed by atoms with Crippen LogP contribution < -0.4 is 0 Å². The summed E-state index contributed by atoms with van der Waals surface area (Å²) in [6.45, 7) is 5.14. The lowest BCUT2D eigenvalue weighted by Gasteiger charge is -2.26. The molecule has 1 heterocycles. The van der Waals surface area contributed by atoms with Gasteiger partial charge in [0, 0.05) is 40.1 Å². The molecule has 2 aromatic carbocycles. The number of aryl methyl sites for hydroxylation is 1. The monoisotopic (exact) mass is 379 g/mol. The minimum Gasteiger partial charge on any atom is -0.355 e. The molecule has 0 bridgehead atoms. The number of aromatic nitrogens is 2. The fraction of sp³-hybridized carbons (Fsp3) is 0.348. The minimum atomic E-state index is -0.268. The van der Waals surface area contributed by atoms with Crippen LogP contribution in [0.3, 0.4) is 0 Å². The Bertz CT molecular complexity index is 830. The van der Waals surface area contributed by atoms with E-state index in [-0.39, 0.29) is 6.29 Å². The molecule has 0 spiro atoms. The molecule has 3 aromatic rings. The molecule has 3 rings (SSSR count). The Kier molecular flexibility index (Phi) is 7.37. The summed E-state index contributed by atoms with van der Waals surface area (Å²) < 4.78 is 13.2. The van der Waals surface area contributed by atoms with Crippen LogP contribution in [0, 0.1) is 6.92 Å². The van der Waals surface area contributed by atoms with Crippen LogP contribution >= 0.6 is 0 Å². The van der Waals surface area contributed by atoms with E-state index in [1.165, 1.54) is 16.8 Å². The Morgan fingerprint density at radius 1 is 0.893 bits per heavy atom. The second-order valence-electron chi connectivity index (χ2n) is 6.92. The number of methoxy groups -OCH3 is 2. The average Bonchev–Trinajstić information content (AvgIpc) is 3.07. The summed E-state index contributed by atoms with van der Waals surface area (Å²) in [5, 5.41) is 0. The third-order valence-electron chi connectivity index (χ3n) is 4.89. The van der Waals surface area contributed by atoms with Crippen molar-refractivity contribution in [1.82, 2.24) is 14.5 Å². The number of imidazole rings is 1. The van der Waals surface area contributed by atoms with E-state index < -0.39 is 0 Å². The lowest BCUT2D eigenvalue weighted by Crippen LogP contribution is -2.34. The van der Waals surface area contributed by atoms with Gasteiger partial charge < -0.3 is 14.0 Å². The lowest BCUT2D eigenvalue weighted by molar-refractivity contribution is -0.118. The first-order valence-electron chi connectivity index (χ1n) is 9.56. The van der Waals surface area contributed by atoms with Crippen LogP contribution in [0.1, 0.15) is 22.6 Å². The van der Waals surface area contributed by atoms with Crippen LogP contribution in [0.4, 0.5) is 0 Å². The molecular formula is C23H29N3O2. The van der Waals surface area contributed by atoms with Crippen molar-refractivity contribution in [1.29, 1.82) is 0 Å². The maximum absolute atomic E-state index is 5.45. The van der Waals surface area contributed by atoms with Gasteiger partial charge in [0.05, 0.1) is 12.2 Å². The number of benzene rings is 2. The van der Waals surface area contributed by atoms with Gasteiger partial charge in [0.25, 0.3) is 0 Å². The summed E-state index contributed by atoms with van der Waals surface area (Å²) in [7, 11) is 3.36. The predicted octanol–water partition coefficient (Wildman–Crippen LogP) is 3.86. The van der Waals surface area contributed by atoms with Crippen molar-refractivity contribution in [3.05, 3.63) is 89.5 Å². The average molecular weight is 380 g/mol. The molecule has 5 heteroatoms. The highest BCUT2D eigenvalue weighted by atomic mass is 16.7. The van der Waals surface area contributed by atoms with E-state index in [0.717, 1.165) is 25.5 Å². The van der Waals surface area contributed by atoms with Crippen LogP contribution in [0.15, 0.2) is 66.9 Å². The molecule has 1 aromatic heterocycles. The zero-order chi connectivity index (χ0) is 19.8. The molecule has 0 aliphatic rings. The van der Waals surface area contributed by atoms with Gasteiger partial charge >= 0.3 is 0 Å². The molecule has 0 radical (unpaired) electrons. The van der Waals surface area contributed by atoms with Crippen molar-refractivity contribution < 1.29 is 9.47 Å². The fourth-order valence-corrected chi connectivity index (χ4v) is 3.34. The van der Waals surface area contributed by atoms with Crippen LogP contribution in [0.25, 0.3) is 0 Å². The summed E-state index contributed by atoms with van der Waals surface area (Å²) >= 11 is 0. The van der Waals surface area contributed by atoms with Crippen molar-refractivity contribution in [2.75, 3.05) is 20.8 Å². The molecule has 0 aliphatic carbocycles. The van der Waals surface area contributed by atoms with E-state index in [1.807, 2.05) is 18.3 Å². The van der Waals surface area contributed by atoms with Gasteiger partial charge in [0.2, 0.25) is 0 Å². The maximum atomic E-state index is 5.45. The summed E-state index contributed by atoms with van der Waals surface area (Å²) in [6, 6.07) is 21.0. The van der Waals surface area contributed by atoms with E-state index in [9.17, 15) is 0 Å². The second kappa shape index (κ2) is 10.2. The first kappa shape index (κ1) is 20.3. The van der Waals surface area contributed by atoms with Crippen LogP contribution in [-0.4, -0.2) is 41.5 Å². The summed E-state index contributed by atoms with van der Waals surface area (Å²) in [4.78, 5) is 6.90. The van der Waals surface area contributed by atoms with E-state index in [0.29, 0.717) is 6.54 Å². The first-order chi connectivity index (χ1) is 13.7. The normalized spacial score (nSPS) is 11.5. The number of hydrogen-bond acceptors (Lipinski definition) is 4. The third kappa shape index (κ3) is 5.52. The standard InChI is InChI=1S/C23H29N3O2/c1-19-24-14-22(26(19)16-21-12-8-5-9-13-21)17-25(18-23(27-2)28-3)15-20-10-6-4-7-11-20/h4-14,23H,15-18H2,1-3H3. The lowest BCUT2D eigenvalue weighted by atomic mass is 10.2. The van der Waals surface area contributed by atoms with Gasteiger partial charge in [0.1, 0.15) is 5.82 Å². The van der Waals surface area contributed by atoms with E-state index >= 15 is 0 Å². The predicted molar refractivity (Wildman–Crippen MR) is 111 cm³/mol. The van der Waals surface area contributed by atoms with Crippen molar-refractivity contribution in [2.45, 2.75) is 32.8 Å². The minimum absolute atomic E-state index is 0.268. The van der Waals surface area contributed by atoms with Gasteiger partial charge in [-0.05, 0) is 18.1 Å². The largest absolute Gasteiger partial charge is 0.355 e. The Labute approximate surface area is 167 Å². The number of rotatable bonds is 10. The quantitative estimate of drug-likeness (QED) is 0.502. The SMILES string of the molecule is COC(CN(Cc1ccccc1)Cc1cnc(C)n1Cc1ccccc1)OC. The van der Waals surface area contributed by atoms with Crippen LogP contribution in [0.2, 0.25) is 0 Å². The molecule has 0 fully saturated rings. The summed E-state index contributed by atoms with van der Waals surface area (Å²) in [5.41, 5.74) is 3.72. The number of hydrogen-bond donors (Lipinski definition) is 0. The Balaban J connectivity index is 1.79. The third-order valence-corrected chi connectivity index (χ3v) is 4.89. The van der Waals surface area contributed by atoms with Gasteiger partial charge in [-0.15, -0.1) is 0 Å². The van der Waals surface area contributed by atoms with E-state index in [2.05, 4.69) is 69.9 Å². The molecule has 0 unspecified atom stereocenters. The van der Waals surface area contributed by atoms with Crippen molar-refractivity contribution in [3.63, 3.8) is 0 Å². The molecule has 28 heavy (non-hydrogen) atoms.